The first-order valence-corrected chi connectivity index (χ1v) is 9.39. The molecule has 0 fully saturated rings. The van der Waals surface area contributed by atoms with Gasteiger partial charge in [-0.25, -0.2) is 4.79 Å². The zero-order valence-corrected chi connectivity index (χ0v) is 15.9. The van der Waals surface area contributed by atoms with Gasteiger partial charge in [-0.3, -0.25) is 18.7 Å². The van der Waals surface area contributed by atoms with Crippen molar-refractivity contribution in [2.45, 2.75) is 49.6 Å². The Morgan fingerprint density at radius 1 is 1.15 bits per heavy atom. The maximum absolute atomic E-state index is 12.9. The smallest absolute Gasteiger partial charge is 0.332 e. The van der Waals surface area contributed by atoms with Crippen LogP contribution in [-0.2, 0) is 27.1 Å². The van der Waals surface area contributed by atoms with Crippen LogP contribution in [0.5, 0.6) is 0 Å². The quantitative estimate of drug-likeness (QED) is 0.602. The first kappa shape index (κ1) is 18.4. The molecular formula is C16H22N6O3S. The van der Waals surface area contributed by atoms with Gasteiger partial charge in [-0.1, -0.05) is 18.2 Å². The molecule has 0 aromatic carbocycles. The van der Waals surface area contributed by atoms with E-state index in [1.807, 2.05) is 4.57 Å². The van der Waals surface area contributed by atoms with Gasteiger partial charge in [0.25, 0.3) is 5.56 Å². The number of carbonyl (C=O) groups excluding carboxylic acids is 1. The van der Waals surface area contributed by atoms with Crippen LogP contribution >= 0.6 is 11.8 Å². The molecule has 3 rings (SSSR count). The number of nitrogen functional groups attached to an aromatic ring is 1. The standard InChI is InChI=1S/C16H22N6O3S/c1-9(26-15-19-18-10-7-5-4-6-8-22(10)15)12(23)11-13(17)20(2)16(25)21(3)14(11)24/h9H,4-8,17H2,1-3H3. The summed E-state index contributed by atoms with van der Waals surface area (Å²) in [6, 6.07) is 0. The Hall–Kier alpha value is -2.36. The molecule has 0 radical (unpaired) electrons. The molecule has 2 aromatic heterocycles. The minimum atomic E-state index is -0.678. The summed E-state index contributed by atoms with van der Waals surface area (Å²) >= 11 is 1.26. The van der Waals surface area contributed by atoms with E-state index in [1.54, 1.807) is 6.92 Å². The second-order valence-electron chi connectivity index (χ2n) is 6.45. The van der Waals surface area contributed by atoms with Crippen molar-refractivity contribution in [2.75, 3.05) is 5.73 Å². The summed E-state index contributed by atoms with van der Waals surface area (Å²) in [7, 11) is 2.77. The van der Waals surface area contributed by atoms with Crippen molar-refractivity contribution >= 4 is 23.4 Å². The lowest BCUT2D eigenvalue weighted by molar-refractivity contribution is 0.0992. The molecule has 26 heavy (non-hydrogen) atoms. The van der Waals surface area contributed by atoms with E-state index in [4.69, 9.17) is 5.73 Å². The SMILES string of the molecule is CC(Sc1nnc2n1CCCCC2)C(=O)c1c(N)n(C)c(=O)n(C)c1=O. The number of anilines is 1. The summed E-state index contributed by atoms with van der Waals surface area (Å²) in [6.45, 7) is 2.53. The molecule has 0 amide bonds. The molecule has 140 valence electrons. The van der Waals surface area contributed by atoms with Crippen molar-refractivity contribution in [1.29, 1.82) is 0 Å². The number of ketones is 1. The number of nitrogens with two attached hydrogens (primary N) is 1. The van der Waals surface area contributed by atoms with Gasteiger partial charge < -0.3 is 10.3 Å². The highest BCUT2D eigenvalue weighted by Crippen LogP contribution is 2.27. The molecule has 2 N–H and O–H groups in total. The van der Waals surface area contributed by atoms with E-state index >= 15 is 0 Å². The maximum Gasteiger partial charge on any atom is 0.332 e. The molecule has 2 aromatic rings. The van der Waals surface area contributed by atoms with E-state index in [2.05, 4.69) is 10.2 Å². The zero-order valence-electron chi connectivity index (χ0n) is 15.1. The molecule has 0 aliphatic carbocycles. The van der Waals surface area contributed by atoms with Gasteiger partial charge in [-0.05, 0) is 19.8 Å². The predicted molar refractivity (Wildman–Crippen MR) is 98.6 cm³/mol. The lowest BCUT2D eigenvalue weighted by Crippen LogP contribution is -2.42. The van der Waals surface area contributed by atoms with E-state index in [0.29, 0.717) is 5.16 Å². The Labute approximate surface area is 154 Å². The van der Waals surface area contributed by atoms with Crippen molar-refractivity contribution in [2.24, 2.45) is 14.1 Å². The monoisotopic (exact) mass is 378 g/mol. The first-order chi connectivity index (χ1) is 12.3. The van der Waals surface area contributed by atoms with Crippen molar-refractivity contribution < 1.29 is 4.79 Å². The van der Waals surface area contributed by atoms with Crippen molar-refractivity contribution in [3.63, 3.8) is 0 Å². The third kappa shape index (κ3) is 3.09. The number of rotatable bonds is 4. The number of fused-ring (bicyclic) bond motifs is 1. The van der Waals surface area contributed by atoms with Crippen molar-refractivity contribution in [3.8, 4) is 0 Å². The summed E-state index contributed by atoms with van der Waals surface area (Å²) in [5, 5.41) is 8.51. The van der Waals surface area contributed by atoms with Gasteiger partial charge in [0.15, 0.2) is 10.9 Å². The Balaban J connectivity index is 1.92. The summed E-state index contributed by atoms with van der Waals surface area (Å²) in [5.41, 5.74) is 4.48. The summed E-state index contributed by atoms with van der Waals surface area (Å²) in [5.74, 6) is 0.396. The van der Waals surface area contributed by atoms with E-state index in [1.165, 1.54) is 25.9 Å². The third-order valence-corrected chi connectivity index (χ3v) is 5.76. The Morgan fingerprint density at radius 2 is 1.88 bits per heavy atom. The highest BCUT2D eigenvalue weighted by molar-refractivity contribution is 8.00. The molecule has 1 atom stereocenters. The topological polar surface area (TPSA) is 118 Å². The number of Topliss-reactive ketones (excluding diaryl/α,β-unsaturated/α-hetero) is 1. The number of aryl methyl sites for hydroxylation is 1. The van der Waals surface area contributed by atoms with Crippen molar-refractivity contribution in [3.05, 3.63) is 32.2 Å². The average Bonchev–Trinajstić information content (AvgIpc) is 2.84. The fourth-order valence-electron chi connectivity index (χ4n) is 3.05. The van der Waals surface area contributed by atoms with Crippen LogP contribution in [0.3, 0.4) is 0 Å². The van der Waals surface area contributed by atoms with Crippen LogP contribution in [0.2, 0.25) is 0 Å². The number of carbonyl (C=O) groups is 1. The first-order valence-electron chi connectivity index (χ1n) is 8.51. The van der Waals surface area contributed by atoms with Gasteiger partial charge in [0, 0.05) is 27.1 Å². The lowest BCUT2D eigenvalue weighted by atomic mass is 10.1. The minimum Gasteiger partial charge on any atom is -0.384 e. The highest BCUT2D eigenvalue weighted by atomic mass is 32.2. The van der Waals surface area contributed by atoms with Gasteiger partial charge in [0.05, 0.1) is 5.25 Å². The second-order valence-corrected chi connectivity index (χ2v) is 7.76. The average molecular weight is 378 g/mol. The van der Waals surface area contributed by atoms with Gasteiger partial charge >= 0.3 is 5.69 Å². The molecule has 1 aliphatic heterocycles. The molecule has 0 saturated heterocycles. The van der Waals surface area contributed by atoms with E-state index < -0.39 is 22.3 Å². The van der Waals surface area contributed by atoms with Gasteiger partial charge in [0.2, 0.25) is 0 Å². The Kier molecular flexibility index (Phi) is 5.03. The van der Waals surface area contributed by atoms with Gasteiger partial charge in [-0.2, -0.15) is 0 Å². The fraction of sp³-hybridized carbons (Fsp3) is 0.562. The van der Waals surface area contributed by atoms with Crippen LogP contribution in [0, 0.1) is 0 Å². The molecule has 1 aliphatic rings. The number of nitrogens with zero attached hydrogens (tertiary/aromatic N) is 5. The van der Waals surface area contributed by atoms with Crippen LogP contribution < -0.4 is 17.0 Å². The Bertz CT molecular complexity index is 974. The summed E-state index contributed by atoms with van der Waals surface area (Å²) in [4.78, 5) is 37.2. The lowest BCUT2D eigenvalue weighted by Gasteiger charge is -2.14. The fourth-order valence-corrected chi connectivity index (χ4v) is 4.00. The number of hydrogen-bond acceptors (Lipinski definition) is 7. The summed E-state index contributed by atoms with van der Waals surface area (Å²) in [6.07, 6.45) is 4.16. The largest absolute Gasteiger partial charge is 0.384 e. The van der Waals surface area contributed by atoms with Gasteiger partial charge in [0.1, 0.15) is 17.2 Å². The molecule has 1 unspecified atom stereocenters. The number of aromatic nitrogens is 5. The molecular weight excluding hydrogens is 356 g/mol. The molecule has 0 saturated carbocycles. The van der Waals surface area contributed by atoms with E-state index in [9.17, 15) is 14.4 Å². The molecule has 9 nitrogen and oxygen atoms in total. The normalized spacial score (nSPS) is 15.3. The van der Waals surface area contributed by atoms with Crippen LogP contribution in [-0.4, -0.2) is 34.9 Å². The van der Waals surface area contributed by atoms with Crippen LogP contribution in [0.1, 0.15) is 42.4 Å². The number of hydrogen-bond donors (Lipinski definition) is 1. The number of thioether (sulfide) groups is 1. The van der Waals surface area contributed by atoms with E-state index in [-0.39, 0.29) is 11.4 Å². The van der Waals surface area contributed by atoms with Crippen LogP contribution in [0.4, 0.5) is 5.82 Å². The third-order valence-electron chi connectivity index (χ3n) is 4.68. The molecule has 10 heteroatoms. The predicted octanol–water partition coefficient (Wildman–Crippen LogP) is 0.348. The van der Waals surface area contributed by atoms with Crippen molar-refractivity contribution in [1.82, 2.24) is 23.9 Å². The van der Waals surface area contributed by atoms with Crippen LogP contribution in [0.25, 0.3) is 0 Å². The Morgan fingerprint density at radius 3 is 2.62 bits per heavy atom. The van der Waals surface area contributed by atoms with Crippen LogP contribution in [0.15, 0.2) is 14.7 Å². The van der Waals surface area contributed by atoms with E-state index in [0.717, 1.165) is 47.2 Å². The second kappa shape index (κ2) is 7.10. The summed E-state index contributed by atoms with van der Waals surface area (Å²) < 4.78 is 4.04. The molecule has 0 bridgehead atoms. The maximum atomic E-state index is 12.9. The minimum absolute atomic E-state index is 0.115. The molecule has 3 heterocycles. The highest BCUT2D eigenvalue weighted by Gasteiger charge is 2.27. The van der Waals surface area contributed by atoms with Gasteiger partial charge in [-0.15, -0.1) is 10.2 Å². The zero-order chi connectivity index (χ0) is 19.0. The molecule has 0 spiro atoms.